The third kappa shape index (κ3) is 5.06. The minimum atomic E-state index is -2.93. The van der Waals surface area contributed by atoms with Gasteiger partial charge >= 0.3 is 0 Å². The summed E-state index contributed by atoms with van der Waals surface area (Å²) < 4.78 is 22.0. The lowest BCUT2D eigenvalue weighted by molar-refractivity contribution is 0.258. The third-order valence-corrected chi connectivity index (χ3v) is 4.01. The van der Waals surface area contributed by atoms with Crippen LogP contribution in [0.15, 0.2) is 24.3 Å². The number of aliphatic hydroxyl groups excluding tert-OH is 1. The van der Waals surface area contributed by atoms with Crippen LogP contribution in [0, 0.1) is 0 Å². The molecule has 0 amide bonds. The van der Waals surface area contributed by atoms with E-state index < -0.39 is 9.84 Å². The predicted molar refractivity (Wildman–Crippen MR) is 70.2 cm³/mol. The van der Waals surface area contributed by atoms with Crippen molar-refractivity contribution in [1.82, 2.24) is 0 Å². The van der Waals surface area contributed by atoms with Gasteiger partial charge in [-0.3, -0.25) is 0 Å². The Kier molecular flexibility index (Phi) is 5.43. The predicted octanol–water partition coefficient (Wildman–Crippen LogP) is 2.24. The molecule has 17 heavy (non-hydrogen) atoms. The summed E-state index contributed by atoms with van der Waals surface area (Å²) in [5.74, 6) is 0.0546. The fourth-order valence-electron chi connectivity index (χ4n) is 1.74. The molecular weight excluding hydrogens is 260 g/mol. The largest absolute Gasteiger partial charge is 0.396 e. The van der Waals surface area contributed by atoms with Crippen molar-refractivity contribution in [1.29, 1.82) is 0 Å². The second kappa shape index (κ2) is 6.38. The molecule has 1 atom stereocenters. The normalized spacial score (nSPS) is 13.6. The van der Waals surface area contributed by atoms with Gasteiger partial charge in [-0.25, -0.2) is 8.42 Å². The SMILES string of the molecule is CS(=O)(=O)CCCC(CO)c1ccccc1Cl. The molecule has 0 aliphatic heterocycles. The average molecular weight is 277 g/mol. The quantitative estimate of drug-likeness (QED) is 0.867. The van der Waals surface area contributed by atoms with Gasteiger partial charge in [-0.1, -0.05) is 29.8 Å². The maximum absolute atomic E-state index is 11.0. The molecule has 0 fully saturated rings. The van der Waals surface area contributed by atoms with Crippen molar-refractivity contribution in [2.24, 2.45) is 0 Å². The fourth-order valence-corrected chi connectivity index (χ4v) is 2.72. The maximum atomic E-state index is 11.0. The molecule has 5 heteroatoms. The van der Waals surface area contributed by atoms with Crippen LogP contribution in [0.3, 0.4) is 0 Å². The highest BCUT2D eigenvalue weighted by Crippen LogP contribution is 2.27. The van der Waals surface area contributed by atoms with Crippen LogP contribution in [0.25, 0.3) is 0 Å². The van der Waals surface area contributed by atoms with Crippen LogP contribution >= 0.6 is 11.6 Å². The molecule has 0 aliphatic carbocycles. The van der Waals surface area contributed by atoms with E-state index in [1.165, 1.54) is 6.26 Å². The van der Waals surface area contributed by atoms with Gasteiger partial charge in [-0.15, -0.1) is 0 Å². The number of sulfone groups is 1. The highest BCUT2D eigenvalue weighted by Gasteiger charge is 2.14. The van der Waals surface area contributed by atoms with Crippen molar-refractivity contribution in [2.45, 2.75) is 18.8 Å². The first kappa shape index (κ1) is 14.5. The Bertz CT molecular complexity index is 457. The highest BCUT2D eigenvalue weighted by molar-refractivity contribution is 7.90. The van der Waals surface area contributed by atoms with Gasteiger partial charge in [0.1, 0.15) is 9.84 Å². The lowest BCUT2D eigenvalue weighted by Gasteiger charge is -2.15. The molecule has 1 rings (SSSR count). The topological polar surface area (TPSA) is 54.4 Å². The molecule has 0 radical (unpaired) electrons. The second-order valence-corrected chi connectivity index (χ2v) is 6.84. The van der Waals surface area contributed by atoms with Crippen LogP contribution < -0.4 is 0 Å². The van der Waals surface area contributed by atoms with E-state index in [1.54, 1.807) is 6.07 Å². The van der Waals surface area contributed by atoms with Crippen LogP contribution in [0.5, 0.6) is 0 Å². The van der Waals surface area contributed by atoms with Gasteiger partial charge in [-0.2, -0.15) is 0 Å². The Hall–Kier alpha value is -0.580. The van der Waals surface area contributed by atoms with E-state index >= 15 is 0 Å². The summed E-state index contributed by atoms with van der Waals surface area (Å²) in [6, 6.07) is 7.33. The zero-order chi connectivity index (χ0) is 12.9. The first-order valence-electron chi connectivity index (χ1n) is 5.47. The Morgan fingerprint density at radius 1 is 1.35 bits per heavy atom. The standard InChI is InChI=1S/C12H17ClO3S/c1-17(15,16)8-4-5-10(9-14)11-6-2-3-7-12(11)13/h2-3,6-7,10,14H,4-5,8-9H2,1H3. The Labute approximate surface area is 107 Å². The van der Waals surface area contributed by atoms with Crippen LogP contribution in [0.1, 0.15) is 24.3 Å². The number of benzene rings is 1. The minimum Gasteiger partial charge on any atom is -0.396 e. The molecule has 0 saturated carbocycles. The third-order valence-electron chi connectivity index (χ3n) is 2.63. The van der Waals surface area contributed by atoms with Gasteiger partial charge in [0.2, 0.25) is 0 Å². The minimum absolute atomic E-state index is 0.0203. The zero-order valence-corrected chi connectivity index (χ0v) is 11.3. The van der Waals surface area contributed by atoms with E-state index in [-0.39, 0.29) is 18.3 Å². The van der Waals surface area contributed by atoms with E-state index in [9.17, 15) is 13.5 Å². The Morgan fingerprint density at radius 3 is 2.53 bits per heavy atom. The van der Waals surface area contributed by atoms with Crippen molar-refractivity contribution in [2.75, 3.05) is 18.6 Å². The molecule has 0 bridgehead atoms. The summed E-state index contributed by atoms with van der Waals surface area (Å²) in [6.07, 6.45) is 2.37. The van der Waals surface area contributed by atoms with Gasteiger partial charge < -0.3 is 5.11 Å². The van der Waals surface area contributed by atoms with Crippen molar-refractivity contribution in [3.05, 3.63) is 34.9 Å². The molecule has 0 saturated heterocycles. The molecule has 0 heterocycles. The first-order valence-corrected chi connectivity index (χ1v) is 7.91. The van der Waals surface area contributed by atoms with Gasteiger partial charge in [-0.05, 0) is 24.5 Å². The van der Waals surface area contributed by atoms with E-state index in [4.69, 9.17) is 11.6 Å². The number of halogens is 1. The van der Waals surface area contributed by atoms with Gasteiger partial charge in [0.05, 0.1) is 0 Å². The number of aliphatic hydroxyl groups is 1. The molecule has 0 aliphatic rings. The van der Waals surface area contributed by atoms with Crippen molar-refractivity contribution < 1.29 is 13.5 Å². The van der Waals surface area contributed by atoms with E-state index in [2.05, 4.69) is 0 Å². The molecule has 1 unspecified atom stereocenters. The lowest BCUT2D eigenvalue weighted by Crippen LogP contribution is -2.09. The van der Waals surface area contributed by atoms with E-state index in [0.29, 0.717) is 17.9 Å². The second-order valence-electron chi connectivity index (χ2n) is 4.17. The molecule has 1 N–H and O–H groups in total. The zero-order valence-electron chi connectivity index (χ0n) is 9.77. The summed E-state index contributed by atoms with van der Waals surface area (Å²) in [5, 5.41) is 9.94. The molecule has 0 aromatic heterocycles. The number of hydrogen-bond acceptors (Lipinski definition) is 3. The number of hydrogen-bond donors (Lipinski definition) is 1. The summed E-state index contributed by atoms with van der Waals surface area (Å²) in [5.41, 5.74) is 0.880. The van der Waals surface area contributed by atoms with Crippen LogP contribution in [-0.2, 0) is 9.84 Å². The molecule has 1 aromatic carbocycles. The summed E-state index contributed by atoms with van der Waals surface area (Å²) in [6.45, 7) is -0.0203. The number of rotatable bonds is 6. The smallest absolute Gasteiger partial charge is 0.147 e. The van der Waals surface area contributed by atoms with Crippen LogP contribution in [-0.4, -0.2) is 32.1 Å². The maximum Gasteiger partial charge on any atom is 0.147 e. The monoisotopic (exact) mass is 276 g/mol. The van der Waals surface area contributed by atoms with Gasteiger partial charge in [0, 0.05) is 29.6 Å². The molecule has 3 nitrogen and oxygen atoms in total. The summed E-state index contributed by atoms with van der Waals surface area (Å²) in [4.78, 5) is 0. The van der Waals surface area contributed by atoms with E-state index in [0.717, 1.165) is 5.56 Å². The molecule has 0 spiro atoms. The molecule has 1 aromatic rings. The molecular formula is C12H17ClO3S. The fraction of sp³-hybridized carbons (Fsp3) is 0.500. The lowest BCUT2D eigenvalue weighted by atomic mass is 9.95. The van der Waals surface area contributed by atoms with Crippen molar-refractivity contribution in [3.8, 4) is 0 Å². The Balaban J connectivity index is 2.64. The van der Waals surface area contributed by atoms with Gasteiger partial charge in [0.25, 0.3) is 0 Å². The highest BCUT2D eigenvalue weighted by atomic mass is 35.5. The molecule has 96 valence electrons. The van der Waals surface area contributed by atoms with E-state index in [1.807, 2.05) is 18.2 Å². The first-order chi connectivity index (χ1) is 7.94. The summed E-state index contributed by atoms with van der Waals surface area (Å²) >= 11 is 6.04. The van der Waals surface area contributed by atoms with Crippen molar-refractivity contribution in [3.63, 3.8) is 0 Å². The van der Waals surface area contributed by atoms with Crippen LogP contribution in [0.2, 0.25) is 5.02 Å². The van der Waals surface area contributed by atoms with Crippen LogP contribution in [0.4, 0.5) is 0 Å². The average Bonchev–Trinajstić information content (AvgIpc) is 2.24. The van der Waals surface area contributed by atoms with Crippen molar-refractivity contribution >= 4 is 21.4 Å². The summed E-state index contributed by atoms with van der Waals surface area (Å²) in [7, 11) is -2.93. The Morgan fingerprint density at radius 2 is 2.00 bits per heavy atom. The van der Waals surface area contributed by atoms with Gasteiger partial charge in [0.15, 0.2) is 0 Å².